The number of hydrogen-bond donors (Lipinski definition) is 0. The molecule has 0 spiro atoms. The second kappa shape index (κ2) is 9.46. The number of carbonyl (C=O) groups excluding carboxylic acids is 1. The number of methoxy groups -OCH3 is 2. The Morgan fingerprint density at radius 3 is 2.32 bits per heavy atom. The third kappa shape index (κ3) is 4.95. The van der Waals surface area contributed by atoms with Gasteiger partial charge in [0.05, 0.1) is 14.2 Å². The number of amides is 1. The van der Waals surface area contributed by atoms with Crippen molar-refractivity contribution < 1.29 is 19.0 Å². The van der Waals surface area contributed by atoms with E-state index < -0.39 is 0 Å². The van der Waals surface area contributed by atoms with Gasteiger partial charge in [-0.3, -0.25) is 9.69 Å². The fraction of sp³-hybridized carbons (Fsp3) is 0.409. The topological polar surface area (TPSA) is 51.2 Å². The van der Waals surface area contributed by atoms with E-state index in [-0.39, 0.29) is 12.5 Å². The average molecular weight is 384 g/mol. The van der Waals surface area contributed by atoms with Gasteiger partial charge >= 0.3 is 0 Å². The maximum Gasteiger partial charge on any atom is 0.260 e. The van der Waals surface area contributed by atoms with Gasteiger partial charge in [-0.25, -0.2) is 0 Å². The van der Waals surface area contributed by atoms with Gasteiger partial charge in [-0.2, -0.15) is 0 Å². The molecule has 1 saturated heterocycles. The molecule has 0 bridgehead atoms. The number of nitrogens with zero attached hydrogens (tertiary/aromatic N) is 2. The Bertz CT molecular complexity index is 801. The van der Waals surface area contributed by atoms with Crippen LogP contribution in [0.1, 0.15) is 11.1 Å². The fourth-order valence-corrected chi connectivity index (χ4v) is 3.34. The summed E-state index contributed by atoms with van der Waals surface area (Å²) in [5.41, 5.74) is 2.20. The molecule has 28 heavy (non-hydrogen) atoms. The lowest BCUT2D eigenvalue weighted by Gasteiger charge is -2.34. The molecule has 0 aliphatic carbocycles. The molecule has 2 aromatic carbocycles. The molecule has 6 nitrogen and oxygen atoms in total. The molecule has 0 radical (unpaired) electrons. The molecule has 1 aliphatic heterocycles. The van der Waals surface area contributed by atoms with E-state index in [0.717, 1.165) is 42.4 Å². The summed E-state index contributed by atoms with van der Waals surface area (Å²) in [6.07, 6.45) is 0. The van der Waals surface area contributed by atoms with Crippen molar-refractivity contribution in [1.82, 2.24) is 9.80 Å². The van der Waals surface area contributed by atoms with Crippen molar-refractivity contribution in [3.8, 4) is 17.2 Å². The fourth-order valence-electron chi connectivity index (χ4n) is 3.34. The van der Waals surface area contributed by atoms with Crippen LogP contribution < -0.4 is 14.2 Å². The monoisotopic (exact) mass is 384 g/mol. The van der Waals surface area contributed by atoms with Gasteiger partial charge in [0, 0.05) is 32.7 Å². The highest BCUT2D eigenvalue weighted by Crippen LogP contribution is 2.28. The molecule has 0 unspecified atom stereocenters. The molecule has 0 N–H and O–H groups in total. The minimum absolute atomic E-state index is 0.0361. The lowest BCUT2D eigenvalue weighted by atomic mass is 10.1. The quantitative estimate of drug-likeness (QED) is 0.735. The van der Waals surface area contributed by atoms with Crippen molar-refractivity contribution in [3.05, 3.63) is 53.6 Å². The van der Waals surface area contributed by atoms with Crippen molar-refractivity contribution in [1.29, 1.82) is 0 Å². The summed E-state index contributed by atoms with van der Waals surface area (Å²) >= 11 is 0. The van der Waals surface area contributed by atoms with E-state index >= 15 is 0 Å². The molecule has 0 atom stereocenters. The predicted octanol–water partition coefficient (Wildman–Crippen LogP) is 2.74. The Labute approximate surface area is 166 Å². The van der Waals surface area contributed by atoms with Crippen molar-refractivity contribution >= 4 is 5.91 Å². The van der Waals surface area contributed by atoms with Gasteiger partial charge in [0.2, 0.25) is 0 Å². The van der Waals surface area contributed by atoms with Crippen LogP contribution in [-0.2, 0) is 11.3 Å². The van der Waals surface area contributed by atoms with Crippen LogP contribution in [0.5, 0.6) is 17.2 Å². The SMILES string of the molecule is COc1ccc(CN2CCN(C(=O)COc3ccccc3C)CC2)cc1OC. The standard InChI is InChI=1S/C22H28N2O4/c1-17-6-4-5-7-19(17)28-16-22(25)24-12-10-23(11-13-24)15-18-8-9-20(26-2)21(14-18)27-3/h4-9,14H,10-13,15-16H2,1-3H3. The van der Waals surface area contributed by atoms with Crippen LogP contribution in [0, 0.1) is 6.92 Å². The van der Waals surface area contributed by atoms with E-state index in [1.807, 2.05) is 48.2 Å². The first-order valence-electron chi connectivity index (χ1n) is 9.50. The summed E-state index contributed by atoms with van der Waals surface area (Å²) in [6, 6.07) is 13.7. The summed E-state index contributed by atoms with van der Waals surface area (Å²) in [4.78, 5) is 16.7. The summed E-state index contributed by atoms with van der Waals surface area (Å²) in [5.74, 6) is 2.27. The lowest BCUT2D eigenvalue weighted by Crippen LogP contribution is -2.49. The normalized spacial score (nSPS) is 14.6. The van der Waals surface area contributed by atoms with E-state index in [1.165, 1.54) is 5.56 Å². The third-order valence-electron chi connectivity index (χ3n) is 5.02. The van der Waals surface area contributed by atoms with Gasteiger partial charge in [-0.05, 0) is 36.2 Å². The number of ether oxygens (including phenoxy) is 3. The van der Waals surface area contributed by atoms with Crippen LogP contribution in [0.3, 0.4) is 0 Å². The maximum absolute atomic E-state index is 12.5. The zero-order valence-electron chi connectivity index (χ0n) is 16.8. The average Bonchev–Trinajstić information content (AvgIpc) is 2.73. The molecule has 150 valence electrons. The number of carbonyl (C=O) groups is 1. The first kappa shape index (κ1) is 20.0. The van der Waals surface area contributed by atoms with E-state index in [9.17, 15) is 4.79 Å². The molecule has 6 heteroatoms. The van der Waals surface area contributed by atoms with Gasteiger partial charge in [-0.15, -0.1) is 0 Å². The Morgan fingerprint density at radius 2 is 1.64 bits per heavy atom. The van der Waals surface area contributed by atoms with E-state index in [1.54, 1.807) is 14.2 Å². The maximum atomic E-state index is 12.5. The molecule has 0 saturated carbocycles. The number of rotatable bonds is 7. The molecule has 1 aliphatic rings. The van der Waals surface area contributed by atoms with Gasteiger partial charge in [-0.1, -0.05) is 24.3 Å². The summed E-state index contributed by atoms with van der Waals surface area (Å²) in [6.45, 7) is 5.98. The number of para-hydroxylation sites is 1. The van der Waals surface area contributed by atoms with Gasteiger partial charge in [0.15, 0.2) is 18.1 Å². The van der Waals surface area contributed by atoms with Crippen LogP contribution >= 0.6 is 0 Å². The predicted molar refractivity (Wildman–Crippen MR) is 108 cm³/mol. The van der Waals surface area contributed by atoms with E-state index in [0.29, 0.717) is 13.1 Å². The highest BCUT2D eigenvalue weighted by molar-refractivity contribution is 5.78. The third-order valence-corrected chi connectivity index (χ3v) is 5.02. The van der Waals surface area contributed by atoms with Crippen LogP contribution in [0.25, 0.3) is 0 Å². The Hall–Kier alpha value is -2.73. The van der Waals surface area contributed by atoms with Crippen molar-refractivity contribution in [2.24, 2.45) is 0 Å². The van der Waals surface area contributed by atoms with Gasteiger partial charge in [0.25, 0.3) is 5.91 Å². The highest BCUT2D eigenvalue weighted by atomic mass is 16.5. The summed E-state index contributed by atoms with van der Waals surface area (Å²) in [7, 11) is 3.28. The van der Waals surface area contributed by atoms with Crippen LogP contribution in [0.2, 0.25) is 0 Å². The van der Waals surface area contributed by atoms with Crippen LogP contribution in [0.15, 0.2) is 42.5 Å². The second-order valence-electron chi connectivity index (χ2n) is 6.90. The molecule has 2 aromatic rings. The Balaban J connectivity index is 1.47. The van der Waals surface area contributed by atoms with E-state index in [2.05, 4.69) is 11.0 Å². The van der Waals surface area contributed by atoms with Gasteiger partial charge < -0.3 is 19.1 Å². The zero-order valence-corrected chi connectivity index (χ0v) is 16.8. The van der Waals surface area contributed by atoms with Crippen molar-refractivity contribution in [2.75, 3.05) is 47.0 Å². The smallest absolute Gasteiger partial charge is 0.260 e. The van der Waals surface area contributed by atoms with Crippen molar-refractivity contribution in [2.45, 2.75) is 13.5 Å². The summed E-state index contributed by atoms with van der Waals surface area (Å²) in [5, 5.41) is 0. The van der Waals surface area contributed by atoms with Crippen molar-refractivity contribution in [3.63, 3.8) is 0 Å². The number of piperazine rings is 1. The largest absolute Gasteiger partial charge is 0.493 e. The number of benzene rings is 2. The zero-order chi connectivity index (χ0) is 19.9. The minimum Gasteiger partial charge on any atom is -0.493 e. The van der Waals surface area contributed by atoms with E-state index in [4.69, 9.17) is 14.2 Å². The first-order chi connectivity index (χ1) is 13.6. The Morgan fingerprint density at radius 1 is 0.929 bits per heavy atom. The molecule has 1 amide bonds. The van der Waals surface area contributed by atoms with Crippen LogP contribution in [0.4, 0.5) is 0 Å². The number of hydrogen-bond acceptors (Lipinski definition) is 5. The number of aryl methyl sites for hydroxylation is 1. The molecular formula is C22H28N2O4. The molecule has 0 aromatic heterocycles. The molecular weight excluding hydrogens is 356 g/mol. The lowest BCUT2D eigenvalue weighted by molar-refractivity contribution is -0.135. The molecule has 1 fully saturated rings. The van der Waals surface area contributed by atoms with Crippen LogP contribution in [-0.4, -0.2) is 62.7 Å². The van der Waals surface area contributed by atoms with Gasteiger partial charge in [0.1, 0.15) is 5.75 Å². The Kier molecular flexibility index (Phi) is 6.76. The molecule has 3 rings (SSSR count). The minimum atomic E-state index is 0.0361. The molecule has 1 heterocycles. The second-order valence-corrected chi connectivity index (χ2v) is 6.90. The highest BCUT2D eigenvalue weighted by Gasteiger charge is 2.22. The first-order valence-corrected chi connectivity index (χ1v) is 9.50. The summed E-state index contributed by atoms with van der Waals surface area (Å²) < 4.78 is 16.4.